The molecule has 0 saturated carbocycles. The smallest absolute Gasteiger partial charge is 0.161 e. The summed E-state index contributed by atoms with van der Waals surface area (Å²) < 4.78 is 13.4. The highest BCUT2D eigenvalue weighted by molar-refractivity contribution is 9.10. The van der Waals surface area contributed by atoms with Gasteiger partial charge in [-0.2, -0.15) is 0 Å². The number of halogens is 2. The Labute approximate surface area is 200 Å². The second kappa shape index (κ2) is 11.4. The summed E-state index contributed by atoms with van der Waals surface area (Å²) in [6.45, 7) is 4.43. The first-order valence-corrected chi connectivity index (χ1v) is 11.7. The van der Waals surface area contributed by atoms with Gasteiger partial charge in [-0.15, -0.1) is 0 Å². The molecule has 1 aliphatic heterocycles. The summed E-state index contributed by atoms with van der Waals surface area (Å²) in [6.07, 6.45) is 6.91. The Morgan fingerprint density at radius 1 is 1.12 bits per heavy atom. The van der Waals surface area contributed by atoms with Crippen LogP contribution in [-0.4, -0.2) is 76.5 Å². The number of nitrogens with zero attached hydrogens (tertiary/aromatic N) is 5. The molecule has 4 rings (SSSR count). The highest BCUT2D eigenvalue weighted by atomic mass is 79.9. The van der Waals surface area contributed by atoms with E-state index in [1.165, 1.54) is 6.33 Å². The molecule has 0 radical (unpaired) electrons. The summed E-state index contributed by atoms with van der Waals surface area (Å²) in [5, 5.41) is 4.12. The molecule has 1 fully saturated rings. The summed E-state index contributed by atoms with van der Waals surface area (Å²) in [7, 11) is 0. The Bertz CT molecular complexity index is 1130. The molecule has 1 N–H and O–H groups in total. The van der Waals surface area contributed by atoms with E-state index < -0.39 is 0 Å². The van der Waals surface area contributed by atoms with Gasteiger partial charge in [-0.1, -0.05) is 28.1 Å². The quantitative estimate of drug-likeness (QED) is 0.437. The van der Waals surface area contributed by atoms with Crippen molar-refractivity contribution in [1.82, 2.24) is 24.8 Å². The largest absolute Gasteiger partial charge is 0.340 e. The number of pyridine rings is 1. The zero-order chi connectivity index (χ0) is 23.0. The van der Waals surface area contributed by atoms with Gasteiger partial charge in [0.05, 0.1) is 18.1 Å². The third-order valence-electron chi connectivity index (χ3n) is 5.55. The maximum atomic E-state index is 12.5. The number of carbonyl (C=O) groups excluding carboxylic acids is 1. The Balaban J connectivity index is 1.37. The first-order chi connectivity index (χ1) is 16.1. The molecule has 172 valence electrons. The topological polar surface area (TPSA) is 74.2 Å². The van der Waals surface area contributed by atoms with Gasteiger partial charge in [-0.3, -0.25) is 19.6 Å². The summed E-state index contributed by atoms with van der Waals surface area (Å²) >= 11 is 3.47. The molecule has 0 amide bonds. The summed E-state index contributed by atoms with van der Waals surface area (Å²) in [6, 6.07) is 9.68. The van der Waals surface area contributed by atoms with Crippen LogP contribution >= 0.6 is 15.9 Å². The van der Waals surface area contributed by atoms with Crippen molar-refractivity contribution in [3.8, 4) is 0 Å². The zero-order valence-electron chi connectivity index (χ0n) is 18.3. The molecule has 7 nitrogen and oxygen atoms in total. The lowest BCUT2D eigenvalue weighted by molar-refractivity contribution is -0.114. The van der Waals surface area contributed by atoms with Crippen LogP contribution in [0.3, 0.4) is 0 Å². The number of benzene rings is 1. The molecule has 3 heterocycles. The molecule has 2 aromatic heterocycles. The summed E-state index contributed by atoms with van der Waals surface area (Å²) in [5.74, 6) is 0.660. The van der Waals surface area contributed by atoms with Gasteiger partial charge in [0.2, 0.25) is 0 Å². The number of hydrogen-bond donors (Lipinski definition) is 1. The third-order valence-corrected chi connectivity index (χ3v) is 6.05. The fourth-order valence-corrected chi connectivity index (χ4v) is 4.19. The number of carbonyl (C=O) groups is 1. The number of nitrogens with one attached hydrogen (secondary N) is 1. The minimum atomic E-state index is -0.301. The molecule has 0 spiro atoms. The number of rotatable bonds is 9. The number of allylic oxidation sites excluding steroid dienone is 1. The number of anilines is 2. The van der Waals surface area contributed by atoms with Crippen molar-refractivity contribution in [3.63, 3.8) is 0 Å². The van der Waals surface area contributed by atoms with Crippen molar-refractivity contribution in [2.24, 2.45) is 0 Å². The standard InChI is InChI=1S/C24H26BrFN6O/c25-18-3-1-4-19(13-18)30-24-22-15-20(27-16-23(22)28-17-29-24)14-21(33)5-2-7-31-9-11-32(8-6-26)12-10-31/h1-5,13,15-17H,6-12,14H2,(H,28,29,30)/b5-2+. The van der Waals surface area contributed by atoms with Gasteiger partial charge in [0, 0.05) is 60.5 Å². The molecule has 1 saturated heterocycles. The van der Waals surface area contributed by atoms with E-state index in [0.29, 0.717) is 23.6 Å². The lowest BCUT2D eigenvalue weighted by Gasteiger charge is -2.33. The van der Waals surface area contributed by atoms with E-state index in [4.69, 9.17) is 0 Å². The van der Waals surface area contributed by atoms with Crippen molar-refractivity contribution in [1.29, 1.82) is 0 Å². The van der Waals surface area contributed by atoms with Crippen LogP contribution in [0.2, 0.25) is 0 Å². The van der Waals surface area contributed by atoms with E-state index in [0.717, 1.165) is 48.3 Å². The molecule has 0 aliphatic carbocycles. The Hall–Kier alpha value is -2.75. The van der Waals surface area contributed by atoms with E-state index in [2.05, 4.69) is 46.0 Å². The van der Waals surface area contributed by atoms with Gasteiger partial charge in [-0.25, -0.2) is 14.4 Å². The van der Waals surface area contributed by atoms with Gasteiger partial charge < -0.3 is 5.32 Å². The SMILES string of the molecule is O=C(/C=C/CN1CCN(CCF)CC1)Cc1cc2c(Nc3cccc(Br)c3)ncnc2cn1. The lowest BCUT2D eigenvalue weighted by atomic mass is 10.1. The Kier molecular flexibility index (Phi) is 8.09. The highest BCUT2D eigenvalue weighted by Crippen LogP contribution is 2.25. The average Bonchev–Trinajstić information content (AvgIpc) is 2.81. The molecular weight excluding hydrogens is 487 g/mol. The second-order valence-corrected chi connectivity index (χ2v) is 8.84. The fraction of sp³-hybridized carbons (Fsp3) is 0.333. The van der Waals surface area contributed by atoms with Gasteiger partial charge in [-0.05, 0) is 30.3 Å². The normalized spacial score (nSPS) is 15.3. The predicted octanol–water partition coefficient (Wildman–Crippen LogP) is 3.79. The monoisotopic (exact) mass is 512 g/mol. The van der Waals surface area contributed by atoms with E-state index in [-0.39, 0.29) is 18.9 Å². The molecule has 9 heteroatoms. The second-order valence-electron chi connectivity index (χ2n) is 7.93. The molecule has 33 heavy (non-hydrogen) atoms. The molecule has 0 bridgehead atoms. The minimum Gasteiger partial charge on any atom is -0.340 e. The predicted molar refractivity (Wildman–Crippen MR) is 131 cm³/mol. The summed E-state index contributed by atoms with van der Waals surface area (Å²) in [5.41, 5.74) is 2.28. The lowest BCUT2D eigenvalue weighted by Crippen LogP contribution is -2.46. The van der Waals surface area contributed by atoms with Crippen LogP contribution in [0.25, 0.3) is 10.9 Å². The van der Waals surface area contributed by atoms with Crippen LogP contribution in [0.4, 0.5) is 15.9 Å². The first-order valence-electron chi connectivity index (χ1n) is 10.9. The molecule has 0 unspecified atom stereocenters. The maximum absolute atomic E-state index is 12.5. The van der Waals surface area contributed by atoms with Crippen LogP contribution in [0.5, 0.6) is 0 Å². The van der Waals surface area contributed by atoms with Crippen LogP contribution < -0.4 is 5.32 Å². The third kappa shape index (κ3) is 6.63. The van der Waals surface area contributed by atoms with Crippen molar-refractivity contribution in [3.05, 3.63) is 65.2 Å². The number of piperazine rings is 1. The van der Waals surface area contributed by atoms with E-state index in [9.17, 15) is 9.18 Å². The molecule has 1 aromatic carbocycles. The van der Waals surface area contributed by atoms with Crippen LogP contribution in [0.15, 0.2) is 59.5 Å². The average molecular weight is 513 g/mol. The van der Waals surface area contributed by atoms with E-state index >= 15 is 0 Å². The van der Waals surface area contributed by atoms with Crippen molar-refractivity contribution in [2.45, 2.75) is 6.42 Å². The minimum absolute atomic E-state index is 0.00346. The van der Waals surface area contributed by atoms with Crippen LogP contribution in [-0.2, 0) is 11.2 Å². The number of aromatic nitrogens is 3. The molecular formula is C24H26BrFN6O. The highest BCUT2D eigenvalue weighted by Gasteiger charge is 2.15. The van der Waals surface area contributed by atoms with Gasteiger partial charge >= 0.3 is 0 Å². The van der Waals surface area contributed by atoms with Gasteiger partial charge in [0.25, 0.3) is 0 Å². The summed E-state index contributed by atoms with van der Waals surface area (Å²) in [4.78, 5) is 30.0. The molecule has 3 aromatic rings. The van der Waals surface area contributed by atoms with E-state index in [1.807, 2.05) is 36.4 Å². The number of fused-ring (bicyclic) bond motifs is 1. The number of alkyl halides is 1. The van der Waals surface area contributed by atoms with Gasteiger partial charge in [0.1, 0.15) is 18.8 Å². The number of hydrogen-bond acceptors (Lipinski definition) is 7. The van der Waals surface area contributed by atoms with E-state index in [1.54, 1.807) is 12.3 Å². The fourth-order valence-electron chi connectivity index (χ4n) is 3.79. The zero-order valence-corrected chi connectivity index (χ0v) is 19.8. The Morgan fingerprint density at radius 2 is 1.94 bits per heavy atom. The van der Waals surface area contributed by atoms with Crippen molar-refractivity contribution < 1.29 is 9.18 Å². The number of ketones is 1. The van der Waals surface area contributed by atoms with Crippen LogP contribution in [0, 0.1) is 0 Å². The van der Waals surface area contributed by atoms with Crippen molar-refractivity contribution >= 4 is 44.1 Å². The maximum Gasteiger partial charge on any atom is 0.161 e. The molecule has 1 aliphatic rings. The van der Waals surface area contributed by atoms with Gasteiger partial charge in [0.15, 0.2) is 5.78 Å². The first kappa shape index (κ1) is 23.4. The van der Waals surface area contributed by atoms with Crippen LogP contribution in [0.1, 0.15) is 5.69 Å². The van der Waals surface area contributed by atoms with Crippen molar-refractivity contribution in [2.75, 3.05) is 51.3 Å². The molecule has 0 atom stereocenters. The Morgan fingerprint density at radius 3 is 2.73 bits per heavy atom.